The highest BCUT2D eigenvalue weighted by molar-refractivity contribution is 5.94. The summed E-state index contributed by atoms with van der Waals surface area (Å²) in [4.78, 5) is 35.1. The van der Waals surface area contributed by atoms with Gasteiger partial charge >= 0.3 is 0 Å². The van der Waals surface area contributed by atoms with E-state index in [0.29, 0.717) is 22.8 Å². The third kappa shape index (κ3) is 6.53. The number of Topliss-reactive ketones (excluding diaryl/α,β-unsaturated/α-hetero) is 1. The Labute approximate surface area is 169 Å². The van der Waals surface area contributed by atoms with E-state index in [1.54, 1.807) is 12.1 Å². The zero-order valence-electron chi connectivity index (χ0n) is 16.8. The lowest BCUT2D eigenvalue weighted by molar-refractivity contribution is -0.131. The van der Waals surface area contributed by atoms with Gasteiger partial charge in [0.1, 0.15) is 5.75 Å². The zero-order chi connectivity index (χ0) is 21.4. The summed E-state index contributed by atoms with van der Waals surface area (Å²) < 4.78 is 16.0. The minimum absolute atomic E-state index is 0.113. The van der Waals surface area contributed by atoms with Gasteiger partial charge < -0.3 is 14.2 Å². The van der Waals surface area contributed by atoms with Gasteiger partial charge in [0.05, 0.1) is 7.11 Å². The van der Waals surface area contributed by atoms with E-state index in [-0.39, 0.29) is 19.0 Å². The molecule has 154 valence electrons. The molecule has 0 aliphatic rings. The number of aryl methyl sites for hydroxylation is 2. The van der Waals surface area contributed by atoms with E-state index >= 15 is 0 Å². The van der Waals surface area contributed by atoms with Gasteiger partial charge in [0.25, 0.3) is 11.8 Å². The quantitative estimate of drug-likeness (QED) is 0.520. The van der Waals surface area contributed by atoms with Crippen LogP contribution in [-0.4, -0.2) is 37.9 Å². The van der Waals surface area contributed by atoms with E-state index in [9.17, 15) is 14.4 Å². The predicted octanol–water partition coefficient (Wildman–Crippen LogP) is 2.12. The number of rotatable bonds is 8. The van der Waals surface area contributed by atoms with Crippen LogP contribution in [0, 0.1) is 13.8 Å². The second-order valence-corrected chi connectivity index (χ2v) is 6.36. The molecule has 0 atom stereocenters. The third-order valence-corrected chi connectivity index (χ3v) is 3.97. The fraction of sp³-hybridized carbons (Fsp3) is 0.286. The summed E-state index contributed by atoms with van der Waals surface area (Å²) in [7, 11) is 1.43. The Morgan fingerprint density at radius 1 is 0.828 bits per heavy atom. The number of methoxy groups -OCH3 is 1. The topological polar surface area (TPSA) is 103 Å². The Bertz CT molecular complexity index is 910. The van der Waals surface area contributed by atoms with Crippen LogP contribution >= 0.6 is 0 Å². The van der Waals surface area contributed by atoms with Crippen molar-refractivity contribution in [3.05, 3.63) is 53.1 Å². The van der Waals surface area contributed by atoms with E-state index in [4.69, 9.17) is 14.2 Å². The molecule has 0 heterocycles. The number of amides is 2. The fourth-order valence-corrected chi connectivity index (χ4v) is 2.37. The number of ether oxygens (including phenoxy) is 3. The first-order valence-electron chi connectivity index (χ1n) is 8.89. The number of carbonyl (C=O) groups excluding carboxylic acids is 3. The summed E-state index contributed by atoms with van der Waals surface area (Å²) in [5.41, 5.74) is 6.89. The van der Waals surface area contributed by atoms with E-state index in [0.717, 1.165) is 11.1 Å². The largest absolute Gasteiger partial charge is 0.493 e. The minimum Gasteiger partial charge on any atom is -0.493 e. The highest BCUT2D eigenvalue weighted by atomic mass is 16.5. The Kier molecular flexibility index (Phi) is 7.59. The van der Waals surface area contributed by atoms with Crippen LogP contribution in [0.1, 0.15) is 28.4 Å². The van der Waals surface area contributed by atoms with Crippen molar-refractivity contribution in [2.75, 3.05) is 20.3 Å². The lowest BCUT2D eigenvalue weighted by Gasteiger charge is -2.13. The monoisotopic (exact) mass is 400 g/mol. The highest BCUT2D eigenvalue weighted by Gasteiger charge is 2.11. The molecule has 0 spiro atoms. The zero-order valence-corrected chi connectivity index (χ0v) is 16.8. The molecule has 0 unspecified atom stereocenters. The summed E-state index contributed by atoms with van der Waals surface area (Å²) in [6.07, 6.45) is 0. The number of ketones is 1. The average Bonchev–Trinajstić information content (AvgIpc) is 2.70. The van der Waals surface area contributed by atoms with Crippen molar-refractivity contribution < 1.29 is 28.6 Å². The van der Waals surface area contributed by atoms with Crippen molar-refractivity contribution >= 4 is 17.6 Å². The second kappa shape index (κ2) is 10.1. The molecule has 0 saturated carbocycles. The van der Waals surface area contributed by atoms with Crippen LogP contribution in [0.5, 0.6) is 17.2 Å². The first-order chi connectivity index (χ1) is 13.8. The van der Waals surface area contributed by atoms with Gasteiger partial charge in [-0.2, -0.15) is 0 Å². The Morgan fingerprint density at radius 3 is 2.03 bits per heavy atom. The number of hydrazine groups is 1. The summed E-state index contributed by atoms with van der Waals surface area (Å²) in [5.74, 6) is 0.0495. The molecule has 0 aliphatic carbocycles. The lowest BCUT2D eigenvalue weighted by atomic mass is 10.1. The van der Waals surface area contributed by atoms with E-state index < -0.39 is 11.8 Å². The first-order valence-corrected chi connectivity index (χ1v) is 8.89. The minimum atomic E-state index is -0.567. The van der Waals surface area contributed by atoms with Crippen molar-refractivity contribution in [3.8, 4) is 17.2 Å². The summed E-state index contributed by atoms with van der Waals surface area (Å²) in [5, 5.41) is 0. The molecule has 0 aliphatic heterocycles. The van der Waals surface area contributed by atoms with Gasteiger partial charge in [-0.1, -0.05) is 12.1 Å². The normalized spacial score (nSPS) is 10.1. The smallest absolute Gasteiger partial charge is 0.276 e. The molecule has 2 rings (SSSR count). The van der Waals surface area contributed by atoms with Crippen LogP contribution in [-0.2, 0) is 9.59 Å². The molecule has 0 bridgehead atoms. The maximum absolute atomic E-state index is 11.9. The van der Waals surface area contributed by atoms with Crippen LogP contribution in [0.3, 0.4) is 0 Å². The summed E-state index contributed by atoms with van der Waals surface area (Å²) in [6, 6.07) is 10.3. The molecular weight excluding hydrogens is 376 g/mol. The molecule has 8 nitrogen and oxygen atoms in total. The van der Waals surface area contributed by atoms with E-state index in [2.05, 4.69) is 10.9 Å². The molecule has 8 heteroatoms. The van der Waals surface area contributed by atoms with Crippen LogP contribution < -0.4 is 25.1 Å². The molecular formula is C21H24N2O6. The maximum Gasteiger partial charge on any atom is 0.276 e. The van der Waals surface area contributed by atoms with Gasteiger partial charge in [-0.15, -0.1) is 0 Å². The molecule has 0 aromatic heterocycles. The number of nitrogens with one attached hydrogen (secondary N) is 2. The highest BCUT2D eigenvalue weighted by Crippen LogP contribution is 2.28. The lowest BCUT2D eigenvalue weighted by Crippen LogP contribution is -2.45. The van der Waals surface area contributed by atoms with Gasteiger partial charge in [0.15, 0.2) is 30.5 Å². The van der Waals surface area contributed by atoms with Crippen LogP contribution in [0.2, 0.25) is 0 Å². The first kappa shape index (κ1) is 21.7. The third-order valence-electron chi connectivity index (χ3n) is 3.97. The van der Waals surface area contributed by atoms with Crippen LogP contribution in [0.4, 0.5) is 0 Å². The van der Waals surface area contributed by atoms with Gasteiger partial charge in [-0.25, -0.2) is 0 Å². The van der Waals surface area contributed by atoms with E-state index in [1.807, 2.05) is 32.0 Å². The Balaban J connectivity index is 1.79. The van der Waals surface area contributed by atoms with Gasteiger partial charge in [0, 0.05) is 5.56 Å². The molecule has 29 heavy (non-hydrogen) atoms. The number of carbonyl (C=O) groups is 3. The van der Waals surface area contributed by atoms with Gasteiger partial charge in [-0.05, 0) is 56.2 Å². The van der Waals surface area contributed by atoms with Crippen molar-refractivity contribution in [2.45, 2.75) is 20.8 Å². The number of benzene rings is 2. The predicted molar refractivity (Wildman–Crippen MR) is 106 cm³/mol. The fourth-order valence-electron chi connectivity index (χ4n) is 2.37. The molecule has 2 amide bonds. The average molecular weight is 400 g/mol. The van der Waals surface area contributed by atoms with Crippen LogP contribution in [0.15, 0.2) is 36.4 Å². The van der Waals surface area contributed by atoms with Crippen molar-refractivity contribution in [2.24, 2.45) is 0 Å². The molecule has 2 aromatic carbocycles. The second-order valence-electron chi connectivity index (χ2n) is 6.36. The number of hydrogen-bond acceptors (Lipinski definition) is 6. The standard InChI is InChI=1S/C21H24N2O6/c1-13-5-6-14(2)18(9-13)29-12-21(26)23-22-20(25)11-28-17-8-7-16(15(3)24)10-19(17)27-4/h5-10H,11-12H2,1-4H3,(H,22,25)(H,23,26). The molecule has 0 fully saturated rings. The SMILES string of the molecule is COc1cc(C(C)=O)ccc1OCC(=O)NNC(=O)COc1cc(C)ccc1C. The van der Waals surface area contributed by atoms with Crippen molar-refractivity contribution in [1.82, 2.24) is 10.9 Å². The Hall–Kier alpha value is -3.55. The van der Waals surface area contributed by atoms with Crippen LogP contribution in [0.25, 0.3) is 0 Å². The van der Waals surface area contributed by atoms with Gasteiger partial charge in [-0.3, -0.25) is 25.2 Å². The molecule has 2 aromatic rings. The number of hydrogen-bond donors (Lipinski definition) is 2. The van der Waals surface area contributed by atoms with Crippen molar-refractivity contribution in [3.63, 3.8) is 0 Å². The van der Waals surface area contributed by atoms with Gasteiger partial charge in [0.2, 0.25) is 0 Å². The summed E-state index contributed by atoms with van der Waals surface area (Å²) in [6.45, 7) is 4.65. The summed E-state index contributed by atoms with van der Waals surface area (Å²) >= 11 is 0. The van der Waals surface area contributed by atoms with Crippen molar-refractivity contribution in [1.29, 1.82) is 0 Å². The molecule has 0 radical (unpaired) electrons. The molecule has 0 saturated heterocycles. The molecule has 2 N–H and O–H groups in total. The van der Waals surface area contributed by atoms with E-state index in [1.165, 1.54) is 20.1 Å². The Morgan fingerprint density at radius 2 is 1.45 bits per heavy atom. The maximum atomic E-state index is 11.9.